The highest BCUT2D eigenvalue weighted by molar-refractivity contribution is 5.79. The van der Waals surface area contributed by atoms with Gasteiger partial charge < -0.3 is 15.2 Å². The molecule has 1 heterocycles. The van der Waals surface area contributed by atoms with E-state index >= 15 is 0 Å². The minimum absolute atomic E-state index is 0.0164. The van der Waals surface area contributed by atoms with Crippen LogP contribution in [0.1, 0.15) is 26.2 Å². The summed E-state index contributed by atoms with van der Waals surface area (Å²) >= 11 is 0. The fraction of sp³-hybridized carbons (Fsp3) is 0.900. The summed E-state index contributed by atoms with van der Waals surface area (Å²) in [5.41, 5.74) is 0. The highest BCUT2D eigenvalue weighted by atomic mass is 16.5. The standard InChI is InChI=1S/C10H17NO3/c1-6-2-7(5-14-6)10(13)11-8-3-9(12)4-8/h6-9,12H,2-5H2,1H3,(H,11,13). The molecular formula is C10H17NO3. The number of aliphatic hydroxyl groups excluding tert-OH is 1. The Morgan fingerprint density at radius 1 is 1.43 bits per heavy atom. The number of carbonyl (C=O) groups excluding carboxylic acids is 1. The molecule has 2 rings (SSSR count). The van der Waals surface area contributed by atoms with E-state index in [9.17, 15) is 4.79 Å². The van der Waals surface area contributed by atoms with Crippen LogP contribution in [-0.2, 0) is 9.53 Å². The molecule has 0 aromatic heterocycles. The molecule has 0 bridgehead atoms. The molecule has 1 saturated carbocycles. The Morgan fingerprint density at radius 3 is 2.64 bits per heavy atom. The quantitative estimate of drug-likeness (QED) is 0.660. The summed E-state index contributed by atoms with van der Waals surface area (Å²) in [5.74, 6) is 0.106. The van der Waals surface area contributed by atoms with Crippen molar-refractivity contribution in [3.05, 3.63) is 0 Å². The van der Waals surface area contributed by atoms with E-state index in [0.717, 1.165) is 6.42 Å². The van der Waals surface area contributed by atoms with Gasteiger partial charge in [0.15, 0.2) is 0 Å². The van der Waals surface area contributed by atoms with Gasteiger partial charge in [0.05, 0.1) is 24.7 Å². The van der Waals surface area contributed by atoms with Crippen molar-refractivity contribution in [3.63, 3.8) is 0 Å². The van der Waals surface area contributed by atoms with Crippen molar-refractivity contribution in [2.75, 3.05) is 6.61 Å². The first-order valence-corrected chi connectivity index (χ1v) is 5.25. The van der Waals surface area contributed by atoms with Crippen LogP contribution in [0.3, 0.4) is 0 Å². The van der Waals surface area contributed by atoms with Crippen LogP contribution in [0.25, 0.3) is 0 Å². The summed E-state index contributed by atoms with van der Waals surface area (Å²) in [6.07, 6.45) is 2.22. The molecule has 2 N–H and O–H groups in total. The smallest absolute Gasteiger partial charge is 0.225 e. The summed E-state index contributed by atoms with van der Waals surface area (Å²) in [4.78, 5) is 11.6. The van der Waals surface area contributed by atoms with Crippen molar-refractivity contribution < 1.29 is 14.6 Å². The van der Waals surface area contributed by atoms with E-state index in [4.69, 9.17) is 9.84 Å². The van der Waals surface area contributed by atoms with Gasteiger partial charge >= 0.3 is 0 Å². The van der Waals surface area contributed by atoms with Gasteiger partial charge in [0.25, 0.3) is 0 Å². The number of carbonyl (C=O) groups is 1. The van der Waals surface area contributed by atoms with Gasteiger partial charge in [-0.05, 0) is 26.2 Å². The topological polar surface area (TPSA) is 58.6 Å². The summed E-state index contributed by atoms with van der Waals surface area (Å²) in [6, 6.07) is 0.188. The van der Waals surface area contributed by atoms with Crippen LogP contribution in [0.15, 0.2) is 0 Å². The lowest BCUT2D eigenvalue weighted by molar-refractivity contribution is -0.127. The van der Waals surface area contributed by atoms with Crippen molar-refractivity contribution in [3.8, 4) is 0 Å². The zero-order chi connectivity index (χ0) is 10.1. The third-order valence-electron chi connectivity index (χ3n) is 3.03. The van der Waals surface area contributed by atoms with Gasteiger partial charge in [-0.3, -0.25) is 4.79 Å². The Balaban J connectivity index is 1.73. The van der Waals surface area contributed by atoms with Gasteiger partial charge in [-0.2, -0.15) is 0 Å². The Morgan fingerprint density at radius 2 is 2.14 bits per heavy atom. The van der Waals surface area contributed by atoms with Crippen molar-refractivity contribution in [1.29, 1.82) is 0 Å². The molecule has 0 aromatic rings. The predicted molar refractivity (Wildman–Crippen MR) is 50.7 cm³/mol. The Hall–Kier alpha value is -0.610. The van der Waals surface area contributed by atoms with E-state index in [0.29, 0.717) is 19.4 Å². The normalized spacial score (nSPS) is 41.9. The third kappa shape index (κ3) is 2.07. The highest BCUT2D eigenvalue weighted by Gasteiger charge is 2.33. The minimum Gasteiger partial charge on any atom is -0.393 e. The number of amides is 1. The number of hydrogen-bond acceptors (Lipinski definition) is 3. The van der Waals surface area contributed by atoms with E-state index < -0.39 is 0 Å². The van der Waals surface area contributed by atoms with Crippen LogP contribution in [-0.4, -0.2) is 35.9 Å². The third-order valence-corrected chi connectivity index (χ3v) is 3.03. The Labute approximate surface area is 83.6 Å². The summed E-state index contributed by atoms with van der Waals surface area (Å²) in [7, 11) is 0. The monoisotopic (exact) mass is 199 g/mol. The SMILES string of the molecule is CC1CC(C(=O)NC2CC(O)C2)CO1. The van der Waals surface area contributed by atoms with E-state index in [-0.39, 0.29) is 30.1 Å². The number of nitrogens with one attached hydrogen (secondary N) is 1. The van der Waals surface area contributed by atoms with Crippen LogP contribution in [0.4, 0.5) is 0 Å². The van der Waals surface area contributed by atoms with Gasteiger partial charge in [-0.15, -0.1) is 0 Å². The molecule has 2 fully saturated rings. The maximum Gasteiger partial charge on any atom is 0.225 e. The maximum absolute atomic E-state index is 11.6. The molecule has 1 saturated heterocycles. The molecule has 2 unspecified atom stereocenters. The average Bonchev–Trinajstić information content (AvgIpc) is 2.49. The second kappa shape index (κ2) is 3.87. The molecule has 80 valence electrons. The van der Waals surface area contributed by atoms with E-state index in [1.165, 1.54) is 0 Å². The zero-order valence-corrected chi connectivity index (χ0v) is 8.40. The summed E-state index contributed by atoms with van der Waals surface area (Å²) in [6.45, 7) is 2.53. The molecule has 4 heteroatoms. The van der Waals surface area contributed by atoms with Crippen LogP contribution in [0, 0.1) is 5.92 Å². The minimum atomic E-state index is -0.209. The van der Waals surface area contributed by atoms with E-state index in [1.807, 2.05) is 6.92 Å². The zero-order valence-electron chi connectivity index (χ0n) is 8.40. The second-order valence-corrected chi connectivity index (χ2v) is 4.41. The highest BCUT2D eigenvalue weighted by Crippen LogP contribution is 2.23. The first-order chi connectivity index (χ1) is 6.65. The first kappa shape index (κ1) is 9.93. The molecule has 2 atom stereocenters. The molecule has 0 radical (unpaired) electrons. The second-order valence-electron chi connectivity index (χ2n) is 4.41. The number of hydrogen-bond donors (Lipinski definition) is 2. The molecule has 0 aromatic carbocycles. The van der Waals surface area contributed by atoms with Gasteiger partial charge in [0.1, 0.15) is 0 Å². The van der Waals surface area contributed by atoms with Gasteiger partial charge in [0.2, 0.25) is 5.91 Å². The van der Waals surface area contributed by atoms with Crippen LogP contribution in [0.5, 0.6) is 0 Å². The van der Waals surface area contributed by atoms with Gasteiger partial charge in [-0.1, -0.05) is 0 Å². The largest absolute Gasteiger partial charge is 0.393 e. The molecule has 14 heavy (non-hydrogen) atoms. The Bertz CT molecular complexity index is 225. The summed E-state index contributed by atoms with van der Waals surface area (Å²) in [5, 5.41) is 12.0. The van der Waals surface area contributed by atoms with Crippen LogP contribution >= 0.6 is 0 Å². The molecular weight excluding hydrogens is 182 g/mol. The van der Waals surface area contributed by atoms with Gasteiger partial charge in [0, 0.05) is 6.04 Å². The fourth-order valence-corrected chi connectivity index (χ4v) is 2.02. The first-order valence-electron chi connectivity index (χ1n) is 5.25. The fourth-order valence-electron chi connectivity index (χ4n) is 2.02. The lowest BCUT2D eigenvalue weighted by Crippen LogP contribution is -2.48. The molecule has 1 amide bonds. The van der Waals surface area contributed by atoms with Crippen LogP contribution < -0.4 is 5.32 Å². The predicted octanol–water partition coefficient (Wildman–Crippen LogP) is 0.0509. The molecule has 2 aliphatic rings. The lowest BCUT2D eigenvalue weighted by atomic mass is 9.89. The van der Waals surface area contributed by atoms with E-state index in [1.54, 1.807) is 0 Å². The van der Waals surface area contributed by atoms with Gasteiger partial charge in [-0.25, -0.2) is 0 Å². The van der Waals surface area contributed by atoms with Crippen molar-refractivity contribution in [2.24, 2.45) is 5.92 Å². The Kier molecular flexibility index (Phi) is 2.74. The number of aliphatic hydroxyl groups is 1. The number of ether oxygens (including phenoxy) is 1. The lowest BCUT2D eigenvalue weighted by Gasteiger charge is -2.32. The van der Waals surface area contributed by atoms with E-state index in [2.05, 4.69) is 5.32 Å². The van der Waals surface area contributed by atoms with Crippen molar-refractivity contribution in [1.82, 2.24) is 5.32 Å². The average molecular weight is 199 g/mol. The maximum atomic E-state index is 11.6. The summed E-state index contributed by atoms with van der Waals surface area (Å²) < 4.78 is 5.33. The number of rotatable bonds is 2. The molecule has 4 nitrogen and oxygen atoms in total. The molecule has 0 spiro atoms. The van der Waals surface area contributed by atoms with Crippen molar-refractivity contribution >= 4 is 5.91 Å². The van der Waals surface area contributed by atoms with Crippen LogP contribution in [0.2, 0.25) is 0 Å². The molecule has 1 aliphatic heterocycles. The van der Waals surface area contributed by atoms with Crippen molar-refractivity contribution in [2.45, 2.75) is 44.4 Å². The molecule has 1 aliphatic carbocycles.